The number of nitrogens with zero attached hydrogens (tertiary/aromatic N) is 1. The average Bonchev–Trinajstić information content (AvgIpc) is 2.86. The van der Waals surface area contributed by atoms with Gasteiger partial charge in [-0.1, -0.05) is 60.7 Å². The van der Waals surface area contributed by atoms with E-state index in [-0.39, 0.29) is 31.0 Å². The molecule has 32 heavy (non-hydrogen) atoms. The summed E-state index contributed by atoms with van der Waals surface area (Å²) in [7, 11) is 0. The van der Waals surface area contributed by atoms with Crippen LogP contribution in [0.25, 0.3) is 0 Å². The van der Waals surface area contributed by atoms with E-state index in [1.165, 1.54) is 0 Å². The topological polar surface area (TPSA) is 84.9 Å². The summed E-state index contributed by atoms with van der Waals surface area (Å²) >= 11 is 0. The molecule has 162 valence electrons. The van der Waals surface area contributed by atoms with Gasteiger partial charge < -0.3 is 14.8 Å². The largest absolute Gasteiger partial charge is 0.489 e. The van der Waals surface area contributed by atoms with Gasteiger partial charge >= 0.3 is 5.97 Å². The molecule has 3 aromatic rings. The van der Waals surface area contributed by atoms with Crippen LogP contribution < -0.4 is 15.0 Å². The summed E-state index contributed by atoms with van der Waals surface area (Å²) in [5, 5.41) is 2.49. The van der Waals surface area contributed by atoms with E-state index in [0.29, 0.717) is 17.0 Å². The predicted molar refractivity (Wildman–Crippen MR) is 118 cm³/mol. The highest BCUT2D eigenvalue weighted by molar-refractivity contribution is 5.98. The number of benzene rings is 3. The number of amides is 2. The highest BCUT2D eigenvalue weighted by Crippen LogP contribution is 2.39. The lowest BCUT2D eigenvalue weighted by Crippen LogP contribution is -2.43. The van der Waals surface area contributed by atoms with Crippen molar-refractivity contribution in [2.45, 2.75) is 6.04 Å². The second kappa shape index (κ2) is 9.78. The molecule has 1 atom stereocenters. The lowest BCUT2D eigenvalue weighted by Gasteiger charge is -2.37. The summed E-state index contributed by atoms with van der Waals surface area (Å²) in [6.07, 6.45) is 0. The predicted octanol–water partition coefficient (Wildman–Crippen LogP) is 3.13. The van der Waals surface area contributed by atoms with Crippen molar-refractivity contribution < 1.29 is 23.9 Å². The maximum Gasteiger partial charge on any atom is 0.325 e. The molecule has 0 radical (unpaired) electrons. The van der Waals surface area contributed by atoms with E-state index in [1.807, 2.05) is 42.5 Å². The average molecular weight is 430 g/mol. The number of para-hydroxylation sites is 2. The zero-order valence-electron chi connectivity index (χ0n) is 17.3. The Morgan fingerprint density at radius 1 is 0.906 bits per heavy atom. The van der Waals surface area contributed by atoms with Crippen LogP contribution >= 0.6 is 0 Å². The first kappa shape index (κ1) is 21.1. The highest BCUT2D eigenvalue weighted by atomic mass is 16.5. The molecule has 0 bridgehead atoms. The smallest absolute Gasteiger partial charge is 0.325 e. The van der Waals surface area contributed by atoms with Crippen LogP contribution in [-0.2, 0) is 14.3 Å². The van der Waals surface area contributed by atoms with E-state index in [0.717, 1.165) is 5.56 Å². The molecule has 0 saturated heterocycles. The van der Waals surface area contributed by atoms with Gasteiger partial charge in [0.2, 0.25) is 0 Å². The van der Waals surface area contributed by atoms with Crippen LogP contribution in [-0.4, -0.2) is 37.5 Å². The Balaban J connectivity index is 1.41. The molecule has 1 N–H and O–H groups in total. The van der Waals surface area contributed by atoms with Crippen LogP contribution in [0.3, 0.4) is 0 Å². The first-order chi connectivity index (χ1) is 15.6. The zero-order valence-corrected chi connectivity index (χ0v) is 17.3. The van der Waals surface area contributed by atoms with E-state index in [4.69, 9.17) is 9.47 Å². The van der Waals surface area contributed by atoms with Crippen LogP contribution in [0.5, 0.6) is 5.75 Å². The number of nitrogens with one attached hydrogen (secondary N) is 1. The minimum absolute atomic E-state index is 0.286. The molecule has 1 aliphatic rings. The molecule has 2 amide bonds. The monoisotopic (exact) mass is 430 g/mol. The SMILES string of the molecule is O=C(CNC(=O)c1ccccc1)OCC(=O)N1c2ccccc2OCC1c1ccccc1. The maximum atomic E-state index is 13.1. The lowest BCUT2D eigenvalue weighted by atomic mass is 10.0. The molecular weight excluding hydrogens is 408 g/mol. The van der Waals surface area contributed by atoms with Gasteiger partial charge in [0.15, 0.2) is 6.61 Å². The van der Waals surface area contributed by atoms with Gasteiger partial charge in [0.05, 0.1) is 11.7 Å². The third-order valence-corrected chi connectivity index (χ3v) is 5.07. The van der Waals surface area contributed by atoms with Crippen molar-refractivity contribution in [3.05, 3.63) is 96.1 Å². The van der Waals surface area contributed by atoms with Crippen molar-refractivity contribution in [3.63, 3.8) is 0 Å². The number of carbonyl (C=O) groups is 3. The third-order valence-electron chi connectivity index (χ3n) is 5.07. The Kier molecular flexibility index (Phi) is 6.46. The number of hydrogen-bond acceptors (Lipinski definition) is 5. The standard InChI is InChI=1S/C25H22N2O5/c28-23(17-32-24(29)15-26-25(30)19-11-5-2-6-12-19)27-20-13-7-8-14-22(20)31-16-21(27)18-9-3-1-4-10-18/h1-14,21H,15-17H2,(H,26,30). The fourth-order valence-electron chi connectivity index (χ4n) is 3.52. The number of anilines is 1. The van der Waals surface area contributed by atoms with Crippen molar-refractivity contribution >= 4 is 23.5 Å². The molecule has 1 aliphatic heterocycles. The van der Waals surface area contributed by atoms with Gasteiger partial charge in [-0.3, -0.25) is 19.3 Å². The molecule has 7 nitrogen and oxygen atoms in total. The summed E-state index contributed by atoms with van der Waals surface area (Å²) in [4.78, 5) is 38.9. The first-order valence-electron chi connectivity index (χ1n) is 10.2. The highest BCUT2D eigenvalue weighted by Gasteiger charge is 2.33. The van der Waals surface area contributed by atoms with Crippen LogP contribution in [0.2, 0.25) is 0 Å². The van der Waals surface area contributed by atoms with Gasteiger partial charge in [-0.25, -0.2) is 0 Å². The van der Waals surface area contributed by atoms with Crippen LogP contribution in [0.1, 0.15) is 22.0 Å². The number of hydrogen-bond donors (Lipinski definition) is 1. The van der Waals surface area contributed by atoms with E-state index < -0.39 is 12.6 Å². The molecule has 0 saturated carbocycles. The minimum atomic E-state index is -0.694. The van der Waals surface area contributed by atoms with Crippen molar-refractivity contribution in [1.82, 2.24) is 5.32 Å². The second-order valence-corrected chi connectivity index (χ2v) is 7.18. The summed E-state index contributed by atoms with van der Waals surface area (Å²) < 4.78 is 11.0. The molecule has 0 spiro atoms. The normalized spacial score (nSPS) is 14.6. The summed E-state index contributed by atoms with van der Waals surface area (Å²) in [5.74, 6) is -0.868. The molecule has 0 aliphatic carbocycles. The number of fused-ring (bicyclic) bond motifs is 1. The summed E-state index contributed by atoms with van der Waals surface area (Å²) in [6.45, 7) is -0.492. The molecule has 0 fully saturated rings. The fourth-order valence-corrected chi connectivity index (χ4v) is 3.52. The number of carbonyl (C=O) groups excluding carboxylic acids is 3. The number of rotatable bonds is 6. The van der Waals surface area contributed by atoms with E-state index in [2.05, 4.69) is 5.32 Å². The van der Waals surface area contributed by atoms with Gasteiger partial charge in [0, 0.05) is 5.56 Å². The molecule has 3 aromatic carbocycles. The van der Waals surface area contributed by atoms with Crippen molar-refractivity contribution in [2.75, 3.05) is 24.7 Å². The molecule has 4 rings (SSSR count). The van der Waals surface area contributed by atoms with E-state index in [9.17, 15) is 14.4 Å². The minimum Gasteiger partial charge on any atom is -0.489 e. The maximum absolute atomic E-state index is 13.1. The van der Waals surface area contributed by atoms with Crippen molar-refractivity contribution in [3.8, 4) is 5.75 Å². The quantitative estimate of drug-likeness (QED) is 0.608. The summed E-state index contributed by atoms with van der Waals surface area (Å²) in [6, 6.07) is 25.0. The Labute approximate surface area is 185 Å². The third kappa shape index (κ3) is 4.78. The van der Waals surface area contributed by atoms with E-state index >= 15 is 0 Å². The van der Waals surface area contributed by atoms with Gasteiger partial charge in [0.1, 0.15) is 18.9 Å². The molecule has 1 unspecified atom stereocenters. The van der Waals surface area contributed by atoms with Gasteiger partial charge in [-0.15, -0.1) is 0 Å². The Morgan fingerprint density at radius 2 is 1.56 bits per heavy atom. The molecule has 1 heterocycles. The van der Waals surface area contributed by atoms with Crippen LogP contribution in [0.4, 0.5) is 5.69 Å². The van der Waals surface area contributed by atoms with Gasteiger partial charge in [0.25, 0.3) is 11.8 Å². The van der Waals surface area contributed by atoms with Gasteiger partial charge in [-0.2, -0.15) is 0 Å². The number of ether oxygens (including phenoxy) is 2. The Hall–Kier alpha value is -4.13. The van der Waals surface area contributed by atoms with E-state index in [1.54, 1.807) is 47.4 Å². The Bertz CT molecular complexity index is 1100. The fraction of sp³-hybridized carbons (Fsp3) is 0.160. The summed E-state index contributed by atoms with van der Waals surface area (Å²) in [5.41, 5.74) is 1.97. The Morgan fingerprint density at radius 3 is 2.31 bits per heavy atom. The zero-order chi connectivity index (χ0) is 22.3. The molecule has 7 heteroatoms. The molecular formula is C25H22N2O5. The first-order valence-corrected chi connectivity index (χ1v) is 10.2. The lowest BCUT2D eigenvalue weighted by molar-refractivity contribution is -0.147. The molecule has 0 aromatic heterocycles. The van der Waals surface area contributed by atoms with Gasteiger partial charge in [-0.05, 0) is 29.8 Å². The number of esters is 1. The van der Waals surface area contributed by atoms with Crippen LogP contribution in [0, 0.1) is 0 Å². The van der Waals surface area contributed by atoms with Crippen molar-refractivity contribution in [1.29, 1.82) is 0 Å². The van der Waals surface area contributed by atoms with Crippen LogP contribution in [0.15, 0.2) is 84.9 Å². The second-order valence-electron chi connectivity index (χ2n) is 7.18. The van der Waals surface area contributed by atoms with Crippen molar-refractivity contribution in [2.24, 2.45) is 0 Å².